The highest BCUT2D eigenvalue weighted by Crippen LogP contribution is 2.39. The van der Waals surface area contributed by atoms with Crippen molar-refractivity contribution in [3.05, 3.63) is 30.2 Å². The number of fused-ring (bicyclic) bond motifs is 2. The molecule has 0 bridgehead atoms. The van der Waals surface area contributed by atoms with Gasteiger partial charge in [0.1, 0.15) is 22.6 Å². The highest BCUT2D eigenvalue weighted by atomic mass is 16.5. The number of ether oxygens (including phenoxy) is 1. The third-order valence-corrected chi connectivity index (χ3v) is 4.14. The molecule has 1 fully saturated rings. The number of aromatic nitrogens is 4. The van der Waals surface area contributed by atoms with Crippen molar-refractivity contribution >= 4 is 34.1 Å². The average Bonchev–Trinajstić information content (AvgIpc) is 3.32. The number of aromatic amines is 1. The van der Waals surface area contributed by atoms with Crippen LogP contribution < -0.4 is 15.4 Å². The minimum atomic E-state index is -0.159. The normalized spacial score (nSPS) is 16.4. The van der Waals surface area contributed by atoms with Crippen LogP contribution in [0.2, 0.25) is 0 Å². The SMILES string of the molecule is O=C1COc2ccc(Nc3nc(C4CC4)nc4cn[nH]c34)cc2N1. The van der Waals surface area contributed by atoms with E-state index in [1.807, 2.05) is 18.2 Å². The molecular weight excluding hydrogens is 308 g/mol. The Kier molecular flexibility index (Phi) is 2.72. The Hall–Kier alpha value is -3.16. The summed E-state index contributed by atoms with van der Waals surface area (Å²) in [7, 11) is 0. The van der Waals surface area contributed by atoms with Crippen LogP contribution in [0.4, 0.5) is 17.2 Å². The summed E-state index contributed by atoms with van der Waals surface area (Å²) < 4.78 is 5.38. The second-order valence-electron chi connectivity index (χ2n) is 6.01. The van der Waals surface area contributed by atoms with Crippen LogP contribution in [-0.4, -0.2) is 32.7 Å². The summed E-state index contributed by atoms with van der Waals surface area (Å²) in [5, 5.41) is 13.1. The number of benzene rings is 1. The molecular formula is C16H14N6O2. The number of nitrogens with zero attached hydrogens (tertiary/aromatic N) is 3. The van der Waals surface area contributed by atoms with Gasteiger partial charge in [-0.2, -0.15) is 5.10 Å². The van der Waals surface area contributed by atoms with Crippen LogP contribution in [0.5, 0.6) is 5.75 Å². The van der Waals surface area contributed by atoms with Gasteiger partial charge in [-0.3, -0.25) is 9.89 Å². The second-order valence-corrected chi connectivity index (χ2v) is 6.01. The summed E-state index contributed by atoms with van der Waals surface area (Å²) in [6.07, 6.45) is 3.96. The maximum atomic E-state index is 11.5. The molecule has 120 valence electrons. The zero-order valence-corrected chi connectivity index (χ0v) is 12.7. The molecule has 8 heteroatoms. The zero-order chi connectivity index (χ0) is 16.1. The smallest absolute Gasteiger partial charge is 0.262 e. The molecule has 3 N–H and O–H groups in total. The molecule has 1 saturated carbocycles. The average molecular weight is 322 g/mol. The first-order valence-electron chi connectivity index (χ1n) is 7.81. The molecule has 1 aliphatic heterocycles. The number of nitrogens with one attached hydrogen (secondary N) is 3. The number of carbonyl (C=O) groups excluding carboxylic acids is 1. The van der Waals surface area contributed by atoms with E-state index in [2.05, 4.69) is 30.8 Å². The maximum Gasteiger partial charge on any atom is 0.262 e. The minimum absolute atomic E-state index is 0.0468. The summed E-state index contributed by atoms with van der Waals surface area (Å²) in [4.78, 5) is 20.7. The zero-order valence-electron chi connectivity index (χ0n) is 12.7. The maximum absolute atomic E-state index is 11.5. The highest BCUT2D eigenvalue weighted by Gasteiger charge is 2.28. The van der Waals surface area contributed by atoms with Crippen molar-refractivity contribution in [2.24, 2.45) is 0 Å². The van der Waals surface area contributed by atoms with Gasteiger partial charge in [0.15, 0.2) is 12.4 Å². The largest absolute Gasteiger partial charge is 0.482 e. The summed E-state index contributed by atoms with van der Waals surface area (Å²) >= 11 is 0. The van der Waals surface area contributed by atoms with E-state index in [1.165, 1.54) is 0 Å². The van der Waals surface area contributed by atoms with Crippen molar-refractivity contribution in [2.75, 3.05) is 17.2 Å². The van der Waals surface area contributed by atoms with Gasteiger partial charge in [0.2, 0.25) is 0 Å². The predicted octanol–water partition coefficient (Wildman–Crippen LogP) is 2.30. The lowest BCUT2D eigenvalue weighted by Crippen LogP contribution is -2.25. The molecule has 0 saturated heterocycles. The summed E-state index contributed by atoms with van der Waals surface area (Å²) in [6, 6.07) is 5.54. The van der Waals surface area contributed by atoms with Gasteiger partial charge in [0, 0.05) is 11.6 Å². The standard InChI is InChI=1S/C16H14N6O2/c23-13-7-24-12-4-3-9(5-10(12)19-13)18-16-14-11(6-17-22-14)20-15(21-16)8-1-2-8/h3-6,8H,1-2,7H2,(H,17,22)(H,19,23)(H,18,20,21). The van der Waals surface area contributed by atoms with Gasteiger partial charge in [-0.05, 0) is 31.0 Å². The fraction of sp³-hybridized carbons (Fsp3) is 0.250. The highest BCUT2D eigenvalue weighted by molar-refractivity contribution is 5.96. The van der Waals surface area contributed by atoms with Crippen molar-refractivity contribution < 1.29 is 9.53 Å². The molecule has 0 radical (unpaired) electrons. The molecule has 0 unspecified atom stereocenters. The second kappa shape index (κ2) is 4.92. The van der Waals surface area contributed by atoms with Crippen molar-refractivity contribution in [2.45, 2.75) is 18.8 Å². The van der Waals surface area contributed by atoms with Gasteiger partial charge < -0.3 is 15.4 Å². The molecule has 0 spiro atoms. The number of H-pyrrole nitrogens is 1. The first kappa shape index (κ1) is 13.3. The number of anilines is 3. The molecule has 5 rings (SSSR count). The molecule has 1 amide bonds. The predicted molar refractivity (Wildman–Crippen MR) is 87.5 cm³/mol. The molecule has 3 heterocycles. The summed E-state index contributed by atoms with van der Waals surface area (Å²) in [6.45, 7) is 0.0468. The Labute approximate surface area is 136 Å². The molecule has 1 aromatic carbocycles. The van der Waals surface area contributed by atoms with Crippen molar-refractivity contribution in [3.8, 4) is 5.75 Å². The number of hydrogen-bond donors (Lipinski definition) is 3. The van der Waals surface area contributed by atoms with Gasteiger partial charge >= 0.3 is 0 Å². The topological polar surface area (TPSA) is 105 Å². The number of amides is 1. The van der Waals surface area contributed by atoms with Crippen molar-refractivity contribution in [1.29, 1.82) is 0 Å². The molecule has 1 aliphatic carbocycles. The van der Waals surface area contributed by atoms with E-state index in [4.69, 9.17) is 4.74 Å². The van der Waals surface area contributed by atoms with Crippen molar-refractivity contribution in [3.63, 3.8) is 0 Å². The Bertz CT molecular complexity index is 962. The van der Waals surface area contributed by atoms with E-state index in [-0.39, 0.29) is 12.5 Å². The van der Waals surface area contributed by atoms with Gasteiger partial charge in [0.25, 0.3) is 5.91 Å². The van der Waals surface area contributed by atoms with Crippen LogP contribution >= 0.6 is 0 Å². The summed E-state index contributed by atoms with van der Waals surface area (Å²) in [5.41, 5.74) is 3.01. The van der Waals surface area contributed by atoms with Gasteiger partial charge in [-0.25, -0.2) is 9.97 Å². The Morgan fingerprint density at radius 1 is 1.25 bits per heavy atom. The number of rotatable bonds is 3. The molecule has 24 heavy (non-hydrogen) atoms. The minimum Gasteiger partial charge on any atom is -0.482 e. The van der Waals surface area contributed by atoms with Crippen LogP contribution in [0.3, 0.4) is 0 Å². The third kappa shape index (κ3) is 2.23. The first-order chi connectivity index (χ1) is 11.8. The molecule has 2 aromatic heterocycles. The molecule has 8 nitrogen and oxygen atoms in total. The monoisotopic (exact) mass is 322 g/mol. The lowest BCUT2D eigenvalue weighted by Gasteiger charge is -2.18. The van der Waals surface area contributed by atoms with E-state index in [1.54, 1.807) is 6.20 Å². The lowest BCUT2D eigenvalue weighted by molar-refractivity contribution is -0.118. The van der Waals surface area contributed by atoms with Crippen LogP contribution in [0, 0.1) is 0 Å². The summed E-state index contributed by atoms with van der Waals surface area (Å²) in [5.74, 6) is 2.48. The lowest BCUT2D eigenvalue weighted by atomic mass is 10.2. The van der Waals surface area contributed by atoms with Crippen molar-refractivity contribution in [1.82, 2.24) is 20.2 Å². The Morgan fingerprint density at radius 3 is 3.04 bits per heavy atom. The quantitative estimate of drug-likeness (QED) is 0.683. The van der Waals surface area contributed by atoms with E-state index in [9.17, 15) is 4.79 Å². The molecule has 2 aliphatic rings. The van der Waals surface area contributed by atoms with Gasteiger partial charge in [-0.1, -0.05) is 0 Å². The van der Waals surface area contributed by atoms with E-state index in [0.29, 0.717) is 23.2 Å². The van der Waals surface area contributed by atoms with Crippen LogP contribution in [0.15, 0.2) is 24.4 Å². The van der Waals surface area contributed by atoms with Crippen LogP contribution in [0.1, 0.15) is 24.6 Å². The van der Waals surface area contributed by atoms with E-state index < -0.39 is 0 Å². The first-order valence-corrected chi connectivity index (χ1v) is 7.81. The Morgan fingerprint density at radius 2 is 2.17 bits per heavy atom. The molecule has 3 aromatic rings. The van der Waals surface area contributed by atoms with E-state index in [0.717, 1.165) is 35.4 Å². The fourth-order valence-corrected chi connectivity index (χ4v) is 2.77. The van der Waals surface area contributed by atoms with Gasteiger partial charge in [-0.15, -0.1) is 0 Å². The molecule has 0 atom stereocenters. The van der Waals surface area contributed by atoms with Crippen LogP contribution in [-0.2, 0) is 4.79 Å². The number of hydrogen-bond acceptors (Lipinski definition) is 6. The van der Waals surface area contributed by atoms with Crippen LogP contribution in [0.25, 0.3) is 11.0 Å². The third-order valence-electron chi connectivity index (χ3n) is 4.14. The number of carbonyl (C=O) groups is 1. The fourth-order valence-electron chi connectivity index (χ4n) is 2.77. The van der Waals surface area contributed by atoms with E-state index >= 15 is 0 Å². The van der Waals surface area contributed by atoms with Gasteiger partial charge in [0.05, 0.1) is 11.9 Å². The Balaban J connectivity index is 1.53.